The van der Waals surface area contributed by atoms with Gasteiger partial charge in [0.25, 0.3) is 0 Å². The molecule has 3 nitrogen and oxygen atoms in total. The zero-order valence-corrected chi connectivity index (χ0v) is 15.1. The second-order valence-corrected chi connectivity index (χ2v) is 8.21. The fraction of sp³-hybridized carbons (Fsp3) is 0.667. The van der Waals surface area contributed by atoms with Crippen molar-refractivity contribution in [3.63, 3.8) is 0 Å². The molecular formula is C21H30N2O. The smallest absolute Gasteiger partial charge is 0.223 e. The zero-order valence-electron chi connectivity index (χ0n) is 15.1. The van der Waals surface area contributed by atoms with Gasteiger partial charge >= 0.3 is 0 Å². The van der Waals surface area contributed by atoms with Gasteiger partial charge in [-0.2, -0.15) is 0 Å². The molecule has 0 radical (unpaired) electrons. The number of rotatable bonds is 3. The molecule has 3 fully saturated rings. The number of hydrogen-bond acceptors (Lipinski definition) is 2. The molecule has 0 saturated carbocycles. The molecule has 1 N–H and O–H groups in total. The van der Waals surface area contributed by atoms with Crippen LogP contribution in [0.3, 0.4) is 0 Å². The Labute approximate surface area is 145 Å². The molecule has 2 bridgehead atoms. The Hall–Kier alpha value is -1.35. The van der Waals surface area contributed by atoms with Gasteiger partial charge < -0.3 is 10.2 Å². The van der Waals surface area contributed by atoms with Crippen molar-refractivity contribution in [1.82, 2.24) is 10.2 Å². The Morgan fingerprint density at radius 3 is 2.67 bits per heavy atom. The molecule has 3 saturated heterocycles. The van der Waals surface area contributed by atoms with E-state index in [2.05, 4.69) is 42.3 Å². The van der Waals surface area contributed by atoms with Crippen molar-refractivity contribution in [2.45, 2.75) is 76.9 Å². The van der Waals surface area contributed by atoms with Crippen molar-refractivity contribution in [2.75, 3.05) is 6.54 Å². The summed E-state index contributed by atoms with van der Waals surface area (Å²) in [6.07, 6.45) is 8.04. The maximum atomic E-state index is 13.0. The minimum atomic E-state index is 0.302. The van der Waals surface area contributed by atoms with Crippen LogP contribution in [0.2, 0.25) is 0 Å². The van der Waals surface area contributed by atoms with E-state index >= 15 is 0 Å². The second kappa shape index (κ2) is 6.51. The molecule has 1 aromatic carbocycles. The number of carbonyl (C=O) groups is 1. The average molecular weight is 326 g/mol. The van der Waals surface area contributed by atoms with Crippen molar-refractivity contribution in [3.8, 4) is 0 Å². The van der Waals surface area contributed by atoms with Gasteiger partial charge in [0.2, 0.25) is 5.91 Å². The Balaban J connectivity index is 1.46. The van der Waals surface area contributed by atoms with E-state index in [0.717, 1.165) is 25.8 Å². The molecule has 3 aliphatic heterocycles. The molecule has 0 aliphatic carbocycles. The Morgan fingerprint density at radius 1 is 1.17 bits per heavy atom. The first-order chi connectivity index (χ1) is 11.6. The quantitative estimate of drug-likeness (QED) is 0.914. The summed E-state index contributed by atoms with van der Waals surface area (Å²) in [6, 6.07) is 8.19. The van der Waals surface area contributed by atoms with E-state index in [1.807, 2.05) is 0 Å². The number of piperidine rings is 1. The lowest BCUT2D eigenvalue weighted by molar-refractivity contribution is -0.133. The lowest BCUT2D eigenvalue weighted by Crippen LogP contribution is -2.40. The van der Waals surface area contributed by atoms with Gasteiger partial charge in [-0.25, -0.2) is 0 Å². The lowest BCUT2D eigenvalue weighted by atomic mass is 9.89. The number of nitrogens with one attached hydrogen (secondary N) is 1. The van der Waals surface area contributed by atoms with Gasteiger partial charge in [0, 0.05) is 25.0 Å². The highest BCUT2D eigenvalue weighted by molar-refractivity contribution is 5.77. The number of carbonyl (C=O) groups excluding carboxylic acids is 1. The molecule has 4 rings (SSSR count). The molecule has 3 aliphatic rings. The number of nitrogens with zero attached hydrogens (tertiary/aromatic N) is 1. The van der Waals surface area contributed by atoms with Crippen LogP contribution in [-0.4, -0.2) is 29.4 Å². The number of hydrogen-bond donors (Lipinski definition) is 1. The predicted octanol–water partition coefficient (Wildman–Crippen LogP) is 3.89. The fourth-order valence-corrected chi connectivity index (χ4v) is 5.23. The Morgan fingerprint density at radius 2 is 1.92 bits per heavy atom. The van der Waals surface area contributed by atoms with Crippen LogP contribution in [0.5, 0.6) is 0 Å². The van der Waals surface area contributed by atoms with Gasteiger partial charge in [0.15, 0.2) is 0 Å². The highest BCUT2D eigenvalue weighted by Crippen LogP contribution is 2.37. The fourth-order valence-electron chi connectivity index (χ4n) is 5.23. The highest BCUT2D eigenvalue weighted by Gasteiger charge is 2.37. The summed E-state index contributed by atoms with van der Waals surface area (Å²) in [6.45, 7) is 5.32. The number of aryl methyl sites for hydroxylation is 1. The molecule has 3 unspecified atom stereocenters. The standard InChI is InChI=1S/C21H30N2O/c1-14-5-3-6-19(15(14)2)20-7-4-10-23(20)21(24)13-16-11-17-8-9-18(12-16)22-17/h3,5-6,16-18,20,22H,4,7-13H2,1-2H3. The molecule has 3 heteroatoms. The monoisotopic (exact) mass is 326 g/mol. The van der Waals surface area contributed by atoms with Crippen molar-refractivity contribution < 1.29 is 4.79 Å². The minimum Gasteiger partial charge on any atom is -0.336 e. The van der Waals surface area contributed by atoms with E-state index in [1.54, 1.807) is 0 Å². The third-order valence-electron chi connectivity index (χ3n) is 6.61. The maximum Gasteiger partial charge on any atom is 0.223 e. The molecule has 0 spiro atoms. The molecule has 3 heterocycles. The number of amides is 1. The van der Waals surface area contributed by atoms with Gasteiger partial charge in [-0.15, -0.1) is 0 Å². The zero-order chi connectivity index (χ0) is 16.7. The van der Waals surface area contributed by atoms with Crippen LogP contribution in [-0.2, 0) is 4.79 Å². The SMILES string of the molecule is Cc1cccc(C2CCCN2C(=O)CC2CC3CCC(C2)N3)c1C. The average Bonchev–Trinajstić information content (AvgIpc) is 3.17. The highest BCUT2D eigenvalue weighted by atomic mass is 16.2. The van der Waals surface area contributed by atoms with E-state index in [1.165, 1.54) is 42.4 Å². The van der Waals surface area contributed by atoms with Crippen LogP contribution >= 0.6 is 0 Å². The molecule has 130 valence electrons. The summed E-state index contributed by atoms with van der Waals surface area (Å²) < 4.78 is 0. The summed E-state index contributed by atoms with van der Waals surface area (Å²) in [7, 11) is 0. The molecule has 1 amide bonds. The summed E-state index contributed by atoms with van der Waals surface area (Å²) in [5, 5.41) is 3.69. The van der Waals surface area contributed by atoms with Crippen molar-refractivity contribution in [1.29, 1.82) is 0 Å². The van der Waals surface area contributed by atoms with Gasteiger partial charge in [-0.3, -0.25) is 4.79 Å². The van der Waals surface area contributed by atoms with Gasteiger partial charge in [0.05, 0.1) is 6.04 Å². The van der Waals surface area contributed by atoms with Crippen LogP contribution in [0, 0.1) is 19.8 Å². The third kappa shape index (κ3) is 2.99. The predicted molar refractivity (Wildman–Crippen MR) is 96.9 cm³/mol. The number of likely N-dealkylation sites (tertiary alicyclic amines) is 1. The van der Waals surface area contributed by atoms with Gasteiger partial charge in [-0.05, 0) is 75.0 Å². The van der Waals surface area contributed by atoms with Crippen LogP contribution in [0.15, 0.2) is 18.2 Å². The topological polar surface area (TPSA) is 32.3 Å². The van der Waals surface area contributed by atoms with E-state index < -0.39 is 0 Å². The molecule has 3 atom stereocenters. The summed E-state index contributed by atoms with van der Waals surface area (Å²) in [5.41, 5.74) is 4.06. The summed E-state index contributed by atoms with van der Waals surface area (Å²) >= 11 is 0. The van der Waals surface area contributed by atoms with Crippen molar-refractivity contribution in [3.05, 3.63) is 34.9 Å². The normalized spacial score (nSPS) is 32.3. The largest absolute Gasteiger partial charge is 0.336 e. The summed E-state index contributed by atoms with van der Waals surface area (Å²) in [5.74, 6) is 0.987. The van der Waals surface area contributed by atoms with Crippen molar-refractivity contribution in [2.24, 2.45) is 5.92 Å². The lowest BCUT2D eigenvalue weighted by Gasteiger charge is -2.32. The minimum absolute atomic E-state index is 0.302. The Bertz CT molecular complexity index is 614. The molecule has 24 heavy (non-hydrogen) atoms. The number of fused-ring (bicyclic) bond motifs is 2. The van der Waals surface area contributed by atoms with Gasteiger partial charge in [0.1, 0.15) is 0 Å². The molecule has 1 aromatic rings. The van der Waals surface area contributed by atoms with Crippen LogP contribution in [0.25, 0.3) is 0 Å². The Kier molecular flexibility index (Phi) is 4.38. The van der Waals surface area contributed by atoms with Crippen LogP contribution in [0.1, 0.15) is 67.7 Å². The van der Waals surface area contributed by atoms with E-state index in [4.69, 9.17) is 0 Å². The first-order valence-electron chi connectivity index (χ1n) is 9.73. The van der Waals surface area contributed by atoms with Crippen LogP contribution in [0.4, 0.5) is 0 Å². The van der Waals surface area contributed by atoms with Gasteiger partial charge in [-0.1, -0.05) is 18.2 Å². The van der Waals surface area contributed by atoms with E-state index in [-0.39, 0.29) is 0 Å². The first kappa shape index (κ1) is 16.1. The van der Waals surface area contributed by atoms with Crippen LogP contribution < -0.4 is 5.32 Å². The number of benzene rings is 1. The third-order valence-corrected chi connectivity index (χ3v) is 6.61. The molecular weight excluding hydrogens is 296 g/mol. The maximum absolute atomic E-state index is 13.0. The van der Waals surface area contributed by atoms with Crippen molar-refractivity contribution >= 4 is 5.91 Å². The summed E-state index contributed by atoms with van der Waals surface area (Å²) in [4.78, 5) is 15.2. The second-order valence-electron chi connectivity index (χ2n) is 8.21. The first-order valence-corrected chi connectivity index (χ1v) is 9.73. The van der Waals surface area contributed by atoms with E-state index in [0.29, 0.717) is 30.0 Å². The molecule has 0 aromatic heterocycles. The van der Waals surface area contributed by atoms with E-state index in [9.17, 15) is 4.79 Å².